The molecule has 1 heterocycles. The highest BCUT2D eigenvalue weighted by atomic mass is 16.5. The maximum Gasteiger partial charge on any atom is 0.120 e. The summed E-state index contributed by atoms with van der Waals surface area (Å²) in [6, 6.07) is 8.88. The van der Waals surface area contributed by atoms with Crippen LogP contribution in [0.1, 0.15) is 13.8 Å². The van der Waals surface area contributed by atoms with E-state index in [4.69, 9.17) is 10.5 Å². The van der Waals surface area contributed by atoms with E-state index in [0.29, 0.717) is 12.0 Å². The fourth-order valence-corrected chi connectivity index (χ4v) is 2.75. The highest BCUT2D eigenvalue weighted by molar-refractivity contribution is 5.51. The van der Waals surface area contributed by atoms with Crippen LogP contribution in [-0.4, -0.2) is 50.8 Å². The van der Waals surface area contributed by atoms with Crippen LogP contribution in [-0.2, 0) is 0 Å². The molecule has 2 N–H and O–H groups in total. The van der Waals surface area contributed by atoms with Gasteiger partial charge < -0.3 is 15.4 Å². The van der Waals surface area contributed by atoms with Gasteiger partial charge in [-0.3, -0.25) is 4.90 Å². The summed E-state index contributed by atoms with van der Waals surface area (Å²) in [7, 11) is 1.72. The molecule has 1 aromatic carbocycles. The molecule has 1 aliphatic rings. The summed E-state index contributed by atoms with van der Waals surface area (Å²) in [5.74, 6) is 1.48. The van der Waals surface area contributed by atoms with E-state index < -0.39 is 0 Å². The molecule has 0 saturated carbocycles. The molecule has 1 saturated heterocycles. The summed E-state index contributed by atoms with van der Waals surface area (Å²) >= 11 is 0. The molecule has 2 unspecified atom stereocenters. The minimum absolute atomic E-state index is 0.554. The van der Waals surface area contributed by atoms with Crippen molar-refractivity contribution in [2.75, 3.05) is 44.7 Å². The molecular weight excluding hydrogens is 250 g/mol. The van der Waals surface area contributed by atoms with Crippen LogP contribution in [0.15, 0.2) is 24.3 Å². The summed E-state index contributed by atoms with van der Waals surface area (Å²) < 4.78 is 5.30. The molecule has 1 aromatic rings. The number of methoxy groups -OCH3 is 1. The van der Waals surface area contributed by atoms with Crippen LogP contribution in [0.4, 0.5) is 5.69 Å². The molecule has 0 bridgehead atoms. The Labute approximate surface area is 122 Å². The van der Waals surface area contributed by atoms with Crippen molar-refractivity contribution in [3.63, 3.8) is 0 Å². The normalized spacial score (nSPS) is 19.7. The monoisotopic (exact) mass is 277 g/mol. The van der Waals surface area contributed by atoms with E-state index >= 15 is 0 Å². The number of nitrogens with zero attached hydrogens (tertiary/aromatic N) is 2. The SMILES string of the molecule is COc1cccc(N2CCN(C(C)C(C)CN)CC2)c1. The van der Waals surface area contributed by atoms with Gasteiger partial charge in [0.15, 0.2) is 0 Å². The van der Waals surface area contributed by atoms with Crippen LogP contribution < -0.4 is 15.4 Å². The number of nitrogens with two attached hydrogens (primary N) is 1. The van der Waals surface area contributed by atoms with Crippen LogP contribution in [0, 0.1) is 5.92 Å². The zero-order valence-corrected chi connectivity index (χ0v) is 12.9. The van der Waals surface area contributed by atoms with E-state index in [0.717, 1.165) is 38.5 Å². The van der Waals surface area contributed by atoms with Gasteiger partial charge in [0.25, 0.3) is 0 Å². The van der Waals surface area contributed by atoms with Crippen LogP contribution >= 0.6 is 0 Å². The predicted octanol–water partition coefficient (Wildman–Crippen LogP) is 1.80. The molecule has 2 rings (SSSR count). The van der Waals surface area contributed by atoms with Crippen molar-refractivity contribution in [1.82, 2.24) is 4.90 Å². The van der Waals surface area contributed by atoms with Crippen LogP contribution in [0.25, 0.3) is 0 Å². The lowest BCUT2D eigenvalue weighted by atomic mass is 10.0. The van der Waals surface area contributed by atoms with Gasteiger partial charge in [-0.05, 0) is 31.5 Å². The number of piperazine rings is 1. The first kappa shape index (κ1) is 15.1. The second-order valence-electron chi connectivity index (χ2n) is 5.68. The third-order valence-electron chi connectivity index (χ3n) is 4.50. The van der Waals surface area contributed by atoms with Gasteiger partial charge in [0, 0.05) is 44.0 Å². The largest absolute Gasteiger partial charge is 0.497 e. The number of rotatable bonds is 5. The Morgan fingerprint density at radius 3 is 2.50 bits per heavy atom. The van der Waals surface area contributed by atoms with Gasteiger partial charge in [0.2, 0.25) is 0 Å². The Hall–Kier alpha value is -1.26. The zero-order chi connectivity index (χ0) is 14.5. The molecular formula is C16H27N3O. The molecule has 2 atom stereocenters. The van der Waals surface area contributed by atoms with Crippen LogP contribution in [0.2, 0.25) is 0 Å². The quantitative estimate of drug-likeness (QED) is 0.891. The lowest BCUT2D eigenvalue weighted by molar-refractivity contribution is 0.155. The Morgan fingerprint density at radius 2 is 1.90 bits per heavy atom. The van der Waals surface area contributed by atoms with Gasteiger partial charge in [-0.2, -0.15) is 0 Å². The number of hydrogen-bond acceptors (Lipinski definition) is 4. The zero-order valence-electron chi connectivity index (χ0n) is 12.9. The summed E-state index contributed by atoms with van der Waals surface area (Å²) in [6.45, 7) is 9.62. The standard InChI is InChI=1S/C16H27N3O/c1-13(12-17)14(2)18-7-9-19(10-8-18)15-5-4-6-16(11-15)20-3/h4-6,11,13-14H,7-10,12,17H2,1-3H3. The van der Waals surface area contributed by atoms with Crippen molar-refractivity contribution >= 4 is 5.69 Å². The topological polar surface area (TPSA) is 41.7 Å². The molecule has 0 radical (unpaired) electrons. The van der Waals surface area contributed by atoms with E-state index in [1.165, 1.54) is 5.69 Å². The molecule has 0 aliphatic carbocycles. The minimum atomic E-state index is 0.554. The third kappa shape index (κ3) is 3.44. The van der Waals surface area contributed by atoms with Crippen molar-refractivity contribution in [2.24, 2.45) is 11.7 Å². The number of hydrogen-bond donors (Lipinski definition) is 1. The van der Waals surface area contributed by atoms with Gasteiger partial charge in [0.1, 0.15) is 5.75 Å². The molecule has 1 fully saturated rings. The first-order valence-corrected chi connectivity index (χ1v) is 7.48. The molecule has 4 heteroatoms. The fourth-order valence-electron chi connectivity index (χ4n) is 2.75. The van der Waals surface area contributed by atoms with Gasteiger partial charge in [-0.15, -0.1) is 0 Å². The van der Waals surface area contributed by atoms with Crippen LogP contribution in [0.3, 0.4) is 0 Å². The van der Waals surface area contributed by atoms with Gasteiger partial charge >= 0.3 is 0 Å². The van der Waals surface area contributed by atoms with Crippen LogP contribution in [0.5, 0.6) is 5.75 Å². The lowest BCUT2D eigenvalue weighted by Crippen LogP contribution is -2.52. The van der Waals surface area contributed by atoms with Crippen molar-refractivity contribution in [3.05, 3.63) is 24.3 Å². The Balaban J connectivity index is 1.93. The van der Waals surface area contributed by atoms with E-state index in [9.17, 15) is 0 Å². The van der Waals surface area contributed by atoms with E-state index in [1.807, 2.05) is 6.07 Å². The first-order valence-electron chi connectivity index (χ1n) is 7.48. The fraction of sp³-hybridized carbons (Fsp3) is 0.625. The minimum Gasteiger partial charge on any atom is -0.497 e. The summed E-state index contributed by atoms with van der Waals surface area (Å²) in [6.07, 6.45) is 0. The third-order valence-corrected chi connectivity index (χ3v) is 4.50. The van der Waals surface area contributed by atoms with Gasteiger partial charge in [-0.1, -0.05) is 13.0 Å². The Morgan fingerprint density at radius 1 is 1.20 bits per heavy atom. The highest BCUT2D eigenvalue weighted by Gasteiger charge is 2.24. The molecule has 0 aromatic heterocycles. The summed E-state index contributed by atoms with van der Waals surface area (Å²) in [5, 5.41) is 0. The molecule has 0 amide bonds. The molecule has 0 spiro atoms. The summed E-state index contributed by atoms with van der Waals surface area (Å²) in [4.78, 5) is 4.98. The van der Waals surface area contributed by atoms with E-state index in [2.05, 4.69) is 41.8 Å². The molecule has 1 aliphatic heterocycles. The highest BCUT2D eigenvalue weighted by Crippen LogP contribution is 2.23. The van der Waals surface area contributed by atoms with Crippen molar-refractivity contribution in [1.29, 1.82) is 0 Å². The average molecular weight is 277 g/mol. The molecule has 20 heavy (non-hydrogen) atoms. The van der Waals surface area contributed by atoms with Gasteiger partial charge in [-0.25, -0.2) is 0 Å². The van der Waals surface area contributed by atoms with E-state index in [-0.39, 0.29) is 0 Å². The Bertz CT molecular complexity index is 416. The van der Waals surface area contributed by atoms with Gasteiger partial charge in [0.05, 0.1) is 7.11 Å². The maximum atomic E-state index is 5.78. The first-order chi connectivity index (χ1) is 9.65. The number of anilines is 1. The van der Waals surface area contributed by atoms with Crippen molar-refractivity contribution < 1.29 is 4.74 Å². The smallest absolute Gasteiger partial charge is 0.120 e. The molecule has 4 nitrogen and oxygen atoms in total. The summed E-state index contributed by atoms with van der Waals surface area (Å²) in [5.41, 5.74) is 7.03. The molecule has 112 valence electrons. The second-order valence-corrected chi connectivity index (χ2v) is 5.68. The van der Waals surface area contributed by atoms with Crippen molar-refractivity contribution in [3.8, 4) is 5.75 Å². The maximum absolute atomic E-state index is 5.78. The number of benzene rings is 1. The average Bonchev–Trinajstić information content (AvgIpc) is 2.53. The lowest BCUT2D eigenvalue weighted by Gasteiger charge is -2.40. The van der Waals surface area contributed by atoms with E-state index in [1.54, 1.807) is 7.11 Å². The number of ether oxygens (including phenoxy) is 1. The second kappa shape index (κ2) is 6.95. The van der Waals surface area contributed by atoms with Crippen molar-refractivity contribution in [2.45, 2.75) is 19.9 Å². The Kier molecular flexibility index (Phi) is 5.26. The predicted molar refractivity (Wildman–Crippen MR) is 84.5 cm³/mol.